The number of hydrogen-bond donors (Lipinski definition) is 1. The smallest absolute Gasteiger partial charge is 0.153 e. The van der Waals surface area contributed by atoms with Crippen LogP contribution in [0.3, 0.4) is 0 Å². The first-order valence-corrected chi connectivity index (χ1v) is 14.8. The van der Waals surface area contributed by atoms with Crippen LogP contribution >= 0.6 is 11.6 Å². The van der Waals surface area contributed by atoms with Crippen molar-refractivity contribution in [2.75, 3.05) is 31.1 Å². The van der Waals surface area contributed by atoms with E-state index in [-0.39, 0.29) is 0 Å². The van der Waals surface area contributed by atoms with Crippen molar-refractivity contribution in [1.29, 1.82) is 0 Å². The van der Waals surface area contributed by atoms with E-state index in [4.69, 9.17) is 16.3 Å². The summed E-state index contributed by atoms with van der Waals surface area (Å²) in [5.74, 6) is 1.15. The number of aromatic nitrogens is 2. The molecule has 2 aromatic heterocycles. The second-order valence-corrected chi connectivity index (χ2v) is 12.7. The number of fused-ring (bicyclic) bond motifs is 1. The van der Waals surface area contributed by atoms with Crippen molar-refractivity contribution in [2.24, 2.45) is 5.41 Å². The van der Waals surface area contributed by atoms with Crippen LogP contribution in [0.5, 0.6) is 11.5 Å². The average Bonchev–Trinajstić information content (AvgIpc) is 3.42. The maximum absolute atomic E-state index is 11.8. The number of benzene rings is 2. The van der Waals surface area contributed by atoms with Crippen molar-refractivity contribution >= 4 is 40.2 Å². The summed E-state index contributed by atoms with van der Waals surface area (Å²) in [5.41, 5.74) is 7.06. The maximum atomic E-state index is 11.8. The number of pyridine rings is 1. The minimum atomic E-state index is 0.307. The molecule has 2 aliphatic rings. The highest BCUT2D eigenvalue weighted by molar-refractivity contribution is 6.30. The van der Waals surface area contributed by atoms with Gasteiger partial charge >= 0.3 is 0 Å². The zero-order chi connectivity index (χ0) is 28.6. The van der Waals surface area contributed by atoms with Crippen molar-refractivity contribution in [3.63, 3.8) is 0 Å². The average molecular weight is 569 g/mol. The highest BCUT2D eigenvalue weighted by Gasteiger charge is 2.30. The standard InChI is InChI=1S/C34H37ClN4O2/c1-23-20-38(21-26-10-12-34(2,3)18-31(26)24-4-7-28(35)8-5-24)14-15-39(23)29-9-6-27(22-40)32(17-29)41-30-16-25-11-13-36-33(25)37-19-30/h4-9,11,13,16-17,19,22-23H,10,12,14-15,18,20-21H2,1-3H3,(H,36,37)/t23-/m1/s1. The first-order valence-electron chi connectivity index (χ1n) is 14.4. The Kier molecular flexibility index (Phi) is 7.62. The Balaban J connectivity index is 1.18. The molecule has 0 bridgehead atoms. The largest absolute Gasteiger partial charge is 0.455 e. The minimum absolute atomic E-state index is 0.307. The quantitative estimate of drug-likeness (QED) is 0.229. The number of nitrogens with zero attached hydrogens (tertiary/aromatic N) is 3. The SMILES string of the molecule is C[C@@H]1CN(CC2=C(c3ccc(Cl)cc3)CC(C)(C)CC2)CCN1c1ccc(C=O)c(Oc2cnc3[nH]ccc3c2)c1. The third-order valence-corrected chi connectivity index (χ3v) is 8.81. The van der Waals surface area contributed by atoms with Gasteiger partial charge in [-0.3, -0.25) is 9.69 Å². The Morgan fingerprint density at radius 1 is 1.12 bits per heavy atom. The normalized spacial score (nSPS) is 19.5. The van der Waals surface area contributed by atoms with Gasteiger partial charge in [-0.2, -0.15) is 0 Å². The summed E-state index contributed by atoms with van der Waals surface area (Å²) < 4.78 is 6.19. The lowest BCUT2D eigenvalue weighted by molar-refractivity contribution is 0.112. The predicted octanol–water partition coefficient (Wildman–Crippen LogP) is 8.00. The molecular weight excluding hydrogens is 532 g/mol. The fourth-order valence-electron chi connectivity index (χ4n) is 6.28. The molecule has 4 aromatic rings. The molecule has 6 nitrogen and oxygen atoms in total. The predicted molar refractivity (Wildman–Crippen MR) is 167 cm³/mol. The molecule has 3 heterocycles. The number of carbonyl (C=O) groups is 1. The van der Waals surface area contributed by atoms with Crippen LogP contribution in [-0.2, 0) is 0 Å². The Morgan fingerprint density at radius 3 is 2.73 bits per heavy atom. The van der Waals surface area contributed by atoms with Crippen LogP contribution < -0.4 is 9.64 Å². The van der Waals surface area contributed by atoms with Crippen molar-refractivity contribution in [3.05, 3.63) is 88.7 Å². The molecule has 0 saturated carbocycles. The van der Waals surface area contributed by atoms with Crippen molar-refractivity contribution in [1.82, 2.24) is 14.9 Å². The van der Waals surface area contributed by atoms with Crippen LogP contribution in [0.2, 0.25) is 5.02 Å². The van der Waals surface area contributed by atoms with E-state index in [2.05, 4.69) is 52.7 Å². The van der Waals surface area contributed by atoms with Crippen molar-refractivity contribution in [3.8, 4) is 11.5 Å². The van der Waals surface area contributed by atoms with Gasteiger partial charge in [-0.15, -0.1) is 0 Å². The molecule has 1 fully saturated rings. The maximum Gasteiger partial charge on any atom is 0.153 e. The van der Waals surface area contributed by atoms with Gasteiger partial charge < -0.3 is 14.6 Å². The van der Waals surface area contributed by atoms with Gasteiger partial charge in [-0.1, -0.05) is 43.2 Å². The number of aldehydes is 1. The zero-order valence-electron chi connectivity index (χ0n) is 24.0. The van der Waals surface area contributed by atoms with Crippen LogP contribution in [-0.4, -0.2) is 53.4 Å². The number of hydrogen-bond acceptors (Lipinski definition) is 5. The summed E-state index contributed by atoms with van der Waals surface area (Å²) >= 11 is 6.20. The molecule has 0 spiro atoms. The molecule has 6 rings (SSSR count). The number of carbonyl (C=O) groups excluding carboxylic acids is 1. The number of rotatable bonds is 7. The Bertz CT molecular complexity index is 1590. The van der Waals surface area contributed by atoms with Crippen LogP contribution in [0.25, 0.3) is 16.6 Å². The lowest BCUT2D eigenvalue weighted by Gasteiger charge is -2.43. The van der Waals surface area contributed by atoms with E-state index in [1.54, 1.807) is 11.8 Å². The number of halogens is 1. The van der Waals surface area contributed by atoms with E-state index in [9.17, 15) is 4.79 Å². The number of ether oxygens (including phenoxy) is 1. The van der Waals surface area contributed by atoms with E-state index < -0.39 is 0 Å². The van der Waals surface area contributed by atoms with Crippen LogP contribution in [0.1, 0.15) is 56.0 Å². The van der Waals surface area contributed by atoms with Gasteiger partial charge in [0.15, 0.2) is 6.29 Å². The van der Waals surface area contributed by atoms with Crippen molar-refractivity contribution in [2.45, 2.75) is 46.1 Å². The number of piperazine rings is 1. The molecule has 0 radical (unpaired) electrons. The highest BCUT2D eigenvalue weighted by atomic mass is 35.5. The molecule has 212 valence electrons. The number of anilines is 1. The van der Waals surface area contributed by atoms with Crippen LogP contribution in [0.4, 0.5) is 5.69 Å². The lowest BCUT2D eigenvalue weighted by atomic mass is 9.72. The molecule has 1 aliphatic carbocycles. The van der Waals surface area contributed by atoms with Crippen LogP contribution in [0.15, 0.2) is 72.6 Å². The summed E-state index contributed by atoms with van der Waals surface area (Å²) in [7, 11) is 0. The molecule has 0 amide bonds. The molecule has 1 saturated heterocycles. The number of allylic oxidation sites excluding steroid dienone is 1. The van der Waals surface area contributed by atoms with Gasteiger partial charge in [0.25, 0.3) is 0 Å². The fourth-order valence-corrected chi connectivity index (χ4v) is 6.41. The van der Waals surface area contributed by atoms with Gasteiger partial charge in [-0.05, 0) is 79.1 Å². The Labute approximate surface area is 247 Å². The third kappa shape index (κ3) is 6.04. The molecule has 1 atom stereocenters. The molecule has 1 N–H and O–H groups in total. The summed E-state index contributed by atoms with van der Waals surface area (Å²) in [4.78, 5) is 24.4. The second kappa shape index (κ2) is 11.3. The first-order chi connectivity index (χ1) is 19.8. The van der Waals surface area contributed by atoms with E-state index in [0.717, 1.165) is 67.1 Å². The molecule has 1 aliphatic heterocycles. The highest BCUT2D eigenvalue weighted by Crippen LogP contribution is 2.43. The third-order valence-electron chi connectivity index (χ3n) is 8.56. The zero-order valence-corrected chi connectivity index (χ0v) is 24.7. The van der Waals surface area contributed by atoms with E-state index in [0.29, 0.717) is 28.5 Å². The molecule has 0 unspecified atom stereocenters. The van der Waals surface area contributed by atoms with Gasteiger partial charge in [-0.25, -0.2) is 4.98 Å². The molecule has 7 heteroatoms. The lowest BCUT2D eigenvalue weighted by Crippen LogP contribution is -2.52. The minimum Gasteiger partial charge on any atom is -0.455 e. The Hall–Kier alpha value is -3.61. The topological polar surface area (TPSA) is 61.5 Å². The van der Waals surface area contributed by atoms with Gasteiger partial charge in [0, 0.05) is 60.6 Å². The van der Waals surface area contributed by atoms with E-state index in [1.165, 1.54) is 17.6 Å². The number of H-pyrrole nitrogens is 1. The molecular formula is C34H37ClN4O2. The van der Waals surface area contributed by atoms with Gasteiger partial charge in [0.05, 0.1) is 11.8 Å². The second-order valence-electron chi connectivity index (χ2n) is 12.2. The molecule has 2 aromatic carbocycles. The number of nitrogens with one attached hydrogen (secondary N) is 1. The van der Waals surface area contributed by atoms with Gasteiger partial charge in [0.1, 0.15) is 17.1 Å². The van der Waals surface area contributed by atoms with Crippen LogP contribution in [0, 0.1) is 5.41 Å². The van der Waals surface area contributed by atoms with Crippen molar-refractivity contribution < 1.29 is 9.53 Å². The summed E-state index contributed by atoms with van der Waals surface area (Å²) in [6, 6.07) is 18.4. The van der Waals surface area contributed by atoms with Gasteiger partial charge in [0.2, 0.25) is 0 Å². The molecule has 41 heavy (non-hydrogen) atoms. The summed E-state index contributed by atoms with van der Waals surface area (Å²) in [5, 5.41) is 1.75. The van der Waals surface area contributed by atoms with E-state index in [1.807, 2.05) is 48.7 Å². The Morgan fingerprint density at radius 2 is 1.95 bits per heavy atom. The summed E-state index contributed by atoms with van der Waals surface area (Å²) in [6.07, 6.45) is 7.83. The summed E-state index contributed by atoms with van der Waals surface area (Å²) in [6.45, 7) is 10.9. The van der Waals surface area contributed by atoms with E-state index >= 15 is 0 Å². The number of aromatic amines is 1. The monoisotopic (exact) mass is 568 g/mol. The first kappa shape index (κ1) is 27.6. The fraction of sp³-hybridized carbons (Fsp3) is 0.353.